The Kier molecular flexibility index (Phi) is 4.08. The molecule has 2 aromatic rings. The number of thiocarbonyl (C=S) groups is 1. The van der Waals surface area contributed by atoms with Gasteiger partial charge in [0.25, 0.3) is 0 Å². The second-order valence-corrected chi connectivity index (χ2v) is 4.49. The van der Waals surface area contributed by atoms with Gasteiger partial charge >= 0.3 is 0 Å². The summed E-state index contributed by atoms with van der Waals surface area (Å²) in [7, 11) is 0. The van der Waals surface area contributed by atoms with Gasteiger partial charge in [0.1, 0.15) is 28.1 Å². The minimum Gasteiger partial charge on any atom is -0.389 e. The molecule has 0 aliphatic rings. The molecule has 0 unspecified atom stereocenters. The lowest BCUT2D eigenvalue weighted by Gasteiger charge is -2.11. The maximum atomic E-state index is 13.8. The molecule has 2 nitrogen and oxygen atoms in total. The van der Waals surface area contributed by atoms with E-state index in [4.69, 9.17) is 5.73 Å². The van der Waals surface area contributed by atoms with Crippen LogP contribution in [0.25, 0.3) is 0 Å². The number of rotatable bonds is 3. The van der Waals surface area contributed by atoms with Crippen molar-refractivity contribution in [3.05, 3.63) is 58.9 Å². The maximum absolute atomic E-state index is 13.8. The number of benzene rings is 2. The zero-order chi connectivity index (χ0) is 15.7. The van der Waals surface area contributed by atoms with Gasteiger partial charge in [0.05, 0.1) is 5.69 Å². The molecule has 0 aliphatic heterocycles. The highest BCUT2D eigenvalue weighted by Crippen LogP contribution is 2.28. The molecular weight excluding hydrogens is 311 g/mol. The zero-order valence-electron chi connectivity index (χ0n) is 10.2. The highest BCUT2D eigenvalue weighted by atomic mass is 32.1. The molecule has 0 aromatic heterocycles. The summed E-state index contributed by atoms with van der Waals surface area (Å²) in [6.45, 7) is 0. The van der Waals surface area contributed by atoms with E-state index >= 15 is 0 Å². The Hall–Kier alpha value is -2.22. The highest BCUT2D eigenvalue weighted by molar-refractivity contribution is 7.80. The lowest BCUT2D eigenvalue weighted by molar-refractivity contribution is 0.498. The highest BCUT2D eigenvalue weighted by Gasteiger charge is 2.17. The molecule has 0 aliphatic carbocycles. The van der Waals surface area contributed by atoms with Gasteiger partial charge in [0.2, 0.25) is 0 Å². The Morgan fingerprint density at radius 2 is 1.48 bits per heavy atom. The summed E-state index contributed by atoms with van der Waals surface area (Å²) in [6.07, 6.45) is 0. The van der Waals surface area contributed by atoms with Crippen LogP contribution in [0.1, 0.15) is 5.56 Å². The van der Waals surface area contributed by atoms with E-state index in [2.05, 4.69) is 12.2 Å². The second kappa shape index (κ2) is 5.65. The largest absolute Gasteiger partial charge is 0.389 e. The number of hydrogen-bond acceptors (Lipinski definition) is 2. The number of nitrogens with two attached hydrogens (primary N) is 1. The summed E-state index contributed by atoms with van der Waals surface area (Å²) in [4.78, 5) is -0.234. The fraction of sp³-hybridized carbons (Fsp3) is 0. The lowest BCUT2D eigenvalue weighted by Crippen LogP contribution is -2.11. The maximum Gasteiger partial charge on any atom is 0.182 e. The fourth-order valence-electron chi connectivity index (χ4n) is 1.62. The number of halogens is 5. The van der Waals surface area contributed by atoms with Crippen molar-refractivity contribution in [2.24, 2.45) is 5.73 Å². The zero-order valence-corrected chi connectivity index (χ0v) is 11.0. The average molecular weight is 318 g/mol. The first-order valence-electron chi connectivity index (χ1n) is 5.50. The summed E-state index contributed by atoms with van der Waals surface area (Å²) in [5.41, 5.74) is 3.64. The minimum atomic E-state index is -1.49. The second-order valence-electron chi connectivity index (χ2n) is 4.05. The molecule has 0 saturated carbocycles. The van der Waals surface area contributed by atoms with Gasteiger partial charge < -0.3 is 11.1 Å². The van der Waals surface area contributed by atoms with Gasteiger partial charge in [-0.3, -0.25) is 0 Å². The van der Waals surface area contributed by atoms with Crippen molar-refractivity contribution in [1.29, 1.82) is 0 Å². The molecule has 0 amide bonds. The molecule has 0 radical (unpaired) electrons. The van der Waals surface area contributed by atoms with E-state index in [1.165, 1.54) is 0 Å². The molecule has 8 heteroatoms. The molecule has 0 atom stereocenters. The van der Waals surface area contributed by atoms with Gasteiger partial charge in [0.15, 0.2) is 11.6 Å². The first kappa shape index (κ1) is 15.2. The van der Waals surface area contributed by atoms with E-state index in [1.54, 1.807) is 0 Å². The first-order chi connectivity index (χ1) is 9.79. The van der Waals surface area contributed by atoms with Crippen LogP contribution in [0.4, 0.5) is 33.3 Å². The van der Waals surface area contributed by atoms with E-state index in [-0.39, 0.29) is 10.6 Å². The molecule has 21 heavy (non-hydrogen) atoms. The van der Waals surface area contributed by atoms with Crippen molar-refractivity contribution in [1.82, 2.24) is 0 Å². The number of hydrogen-bond donors (Lipinski definition) is 2. The normalized spacial score (nSPS) is 10.5. The van der Waals surface area contributed by atoms with Crippen LogP contribution < -0.4 is 11.1 Å². The molecule has 110 valence electrons. The van der Waals surface area contributed by atoms with Crippen LogP contribution in [0, 0.1) is 29.1 Å². The SMILES string of the molecule is NC(=S)c1cc(F)c(Nc2cc(F)cc(F)c2F)c(F)c1. The first-order valence-corrected chi connectivity index (χ1v) is 5.91. The summed E-state index contributed by atoms with van der Waals surface area (Å²) in [6, 6.07) is 2.52. The van der Waals surface area contributed by atoms with Crippen molar-refractivity contribution in [2.75, 3.05) is 5.32 Å². The van der Waals surface area contributed by atoms with Gasteiger partial charge in [-0.1, -0.05) is 12.2 Å². The lowest BCUT2D eigenvalue weighted by atomic mass is 10.1. The fourth-order valence-corrected chi connectivity index (χ4v) is 1.73. The molecule has 0 heterocycles. The smallest absolute Gasteiger partial charge is 0.182 e. The molecule has 0 bridgehead atoms. The standard InChI is InChI=1S/C13H7F5N2S/c14-6-3-7(15)11(18)10(4-6)20-12-8(16)1-5(13(19)21)2-9(12)17/h1-4,20H,(H2,19,21). The Labute approximate surface area is 121 Å². The van der Waals surface area contributed by atoms with Crippen LogP contribution in [0.15, 0.2) is 24.3 Å². The van der Waals surface area contributed by atoms with Crippen molar-refractivity contribution in [2.45, 2.75) is 0 Å². The third kappa shape index (κ3) is 3.10. The number of nitrogens with one attached hydrogen (secondary N) is 1. The van der Waals surface area contributed by atoms with Crippen LogP contribution in [-0.2, 0) is 0 Å². The van der Waals surface area contributed by atoms with E-state index in [0.717, 1.165) is 12.1 Å². The predicted octanol–water partition coefficient (Wildman–Crippen LogP) is 3.76. The van der Waals surface area contributed by atoms with Crippen LogP contribution in [-0.4, -0.2) is 4.99 Å². The predicted molar refractivity (Wildman–Crippen MR) is 71.8 cm³/mol. The van der Waals surface area contributed by atoms with E-state index < -0.39 is 40.5 Å². The average Bonchev–Trinajstić information content (AvgIpc) is 2.38. The summed E-state index contributed by atoms with van der Waals surface area (Å²) >= 11 is 4.57. The quantitative estimate of drug-likeness (QED) is 0.514. The van der Waals surface area contributed by atoms with Gasteiger partial charge in [-0.15, -0.1) is 0 Å². The van der Waals surface area contributed by atoms with Crippen molar-refractivity contribution >= 4 is 28.6 Å². The monoisotopic (exact) mass is 318 g/mol. The van der Waals surface area contributed by atoms with Gasteiger partial charge in [-0.25, -0.2) is 22.0 Å². The van der Waals surface area contributed by atoms with Crippen LogP contribution in [0.3, 0.4) is 0 Å². The van der Waals surface area contributed by atoms with Crippen molar-refractivity contribution in [3.63, 3.8) is 0 Å². The number of anilines is 2. The van der Waals surface area contributed by atoms with Crippen molar-refractivity contribution < 1.29 is 22.0 Å². The minimum absolute atomic E-state index is 0.0727. The summed E-state index contributed by atoms with van der Waals surface area (Å²) < 4.78 is 67.0. The third-order valence-corrected chi connectivity index (χ3v) is 2.81. The Morgan fingerprint density at radius 3 is 2.00 bits per heavy atom. The molecule has 2 rings (SSSR count). The molecular formula is C13H7F5N2S. The van der Waals surface area contributed by atoms with Gasteiger partial charge in [0, 0.05) is 17.7 Å². The van der Waals surface area contributed by atoms with E-state index in [0.29, 0.717) is 12.1 Å². The molecule has 0 spiro atoms. The molecule has 0 saturated heterocycles. The Morgan fingerprint density at radius 1 is 0.905 bits per heavy atom. The molecule has 3 N–H and O–H groups in total. The van der Waals surface area contributed by atoms with Gasteiger partial charge in [-0.2, -0.15) is 0 Å². The summed E-state index contributed by atoms with van der Waals surface area (Å²) in [5.74, 6) is -6.33. The van der Waals surface area contributed by atoms with E-state index in [9.17, 15) is 22.0 Å². The van der Waals surface area contributed by atoms with Gasteiger partial charge in [-0.05, 0) is 12.1 Å². The molecule has 2 aromatic carbocycles. The Balaban J connectivity index is 2.48. The van der Waals surface area contributed by atoms with Crippen LogP contribution in [0.2, 0.25) is 0 Å². The topological polar surface area (TPSA) is 38.0 Å². The van der Waals surface area contributed by atoms with Crippen LogP contribution in [0.5, 0.6) is 0 Å². The summed E-state index contributed by atoms with van der Waals surface area (Å²) in [5, 5.41) is 1.97. The van der Waals surface area contributed by atoms with Crippen molar-refractivity contribution in [3.8, 4) is 0 Å². The molecule has 0 fully saturated rings. The van der Waals surface area contributed by atoms with Crippen LogP contribution >= 0.6 is 12.2 Å². The third-order valence-electron chi connectivity index (χ3n) is 2.58. The van der Waals surface area contributed by atoms with E-state index in [1.807, 2.05) is 5.32 Å². The Bertz CT molecular complexity index is 710.